The standard InChI is InChI=1S/C16H18N4S/c1-11(2)21-16-19-18-15(20(16)17)10-13-8-5-7-12-6-3-4-9-14(12)13/h3-9,11H,10,17H2,1-2H3. The maximum absolute atomic E-state index is 6.11. The molecule has 108 valence electrons. The van der Waals surface area contributed by atoms with Gasteiger partial charge in [0.25, 0.3) is 0 Å². The molecule has 3 aromatic rings. The highest BCUT2D eigenvalue weighted by atomic mass is 32.2. The molecule has 0 aliphatic rings. The van der Waals surface area contributed by atoms with Gasteiger partial charge in [-0.05, 0) is 16.3 Å². The summed E-state index contributed by atoms with van der Waals surface area (Å²) in [5.41, 5.74) is 1.22. The Labute approximate surface area is 128 Å². The van der Waals surface area contributed by atoms with Crippen LogP contribution >= 0.6 is 11.8 Å². The van der Waals surface area contributed by atoms with E-state index in [1.165, 1.54) is 16.3 Å². The second kappa shape index (κ2) is 5.77. The number of nitrogens with zero attached hydrogens (tertiary/aromatic N) is 3. The fourth-order valence-electron chi connectivity index (χ4n) is 2.34. The summed E-state index contributed by atoms with van der Waals surface area (Å²) in [5, 5.41) is 12.1. The molecule has 0 spiro atoms. The summed E-state index contributed by atoms with van der Waals surface area (Å²) in [6, 6.07) is 14.7. The molecule has 0 radical (unpaired) electrons. The summed E-state index contributed by atoms with van der Waals surface area (Å²) < 4.78 is 1.60. The Kier molecular flexibility index (Phi) is 3.84. The Morgan fingerprint density at radius 1 is 1.10 bits per heavy atom. The molecule has 0 saturated heterocycles. The molecule has 1 aromatic heterocycles. The summed E-state index contributed by atoms with van der Waals surface area (Å²) in [6.07, 6.45) is 0.684. The van der Waals surface area contributed by atoms with Crippen LogP contribution in [0.15, 0.2) is 47.6 Å². The van der Waals surface area contributed by atoms with Crippen LogP contribution < -0.4 is 5.84 Å². The zero-order chi connectivity index (χ0) is 14.8. The molecule has 21 heavy (non-hydrogen) atoms. The van der Waals surface area contributed by atoms with Gasteiger partial charge in [-0.25, -0.2) is 4.68 Å². The minimum atomic E-state index is 0.432. The van der Waals surface area contributed by atoms with Crippen LogP contribution in [0.5, 0.6) is 0 Å². The van der Waals surface area contributed by atoms with Crippen molar-refractivity contribution in [2.75, 3.05) is 5.84 Å². The lowest BCUT2D eigenvalue weighted by Gasteiger charge is -2.07. The number of hydrogen-bond donors (Lipinski definition) is 1. The van der Waals surface area contributed by atoms with E-state index in [0.717, 1.165) is 11.0 Å². The van der Waals surface area contributed by atoms with E-state index >= 15 is 0 Å². The number of benzene rings is 2. The number of fused-ring (bicyclic) bond motifs is 1. The predicted octanol–water partition coefficient (Wildman–Crippen LogP) is 3.24. The molecule has 0 saturated carbocycles. The first kappa shape index (κ1) is 13.9. The normalized spacial score (nSPS) is 11.4. The second-order valence-electron chi connectivity index (χ2n) is 5.25. The van der Waals surface area contributed by atoms with Crippen LogP contribution in [0, 0.1) is 0 Å². The van der Waals surface area contributed by atoms with Gasteiger partial charge in [-0.3, -0.25) is 0 Å². The van der Waals surface area contributed by atoms with Crippen LogP contribution in [0.25, 0.3) is 10.8 Å². The van der Waals surface area contributed by atoms with Crippen molar-refractivity contribution in [1.82, 2.24) is 14.9 Å². The molecule has 5 heteroatoms. The first-order valence-corrected chi connectivity index (χ1v) is 7.86. The molecule has 0 aliphatic carbocycles. The van der Waals surface area contributed by atoms with Crippen LogP contribution in [-0.2, 0) is 6.42 Å². The van der Waals surface area contributed by atoms with E-state index < -0.39 is 0 Å². The largest absolute Gasteiger partial charge is 0.336 e. The van der Waals surface area contributed by atoms with E-state index in [2.05, 4.69) is 66.5 Å². The zero-order valence-corrected chi connectivity index (χ0v) is 13.0. The van der Waals surface area contributed by atoms with Crippen molar-refractivity contribution < 1.29 is 0 Å². The molecule has 0 fully saturated rings. The highest BCUT2D eigenvalue weighted by Crippen LogP contribution is 2.23. The molecule has 2 N–H and O–H groups in total. The van der Waals surface area contributed by atoms with E-state index in [4.69, 9.17) is 5.84 Å². The van der Waals surface area contributed by atoms with Crippen molar-refractivity contribution >= 4 is 22.5 Å². The van der Waals surface area contributed by atoms with E-state index in [0.29, 0.717) is 11.7 Å². The highest BCUT2D eigenvalue weighted by molar-refractivity contribution is 7.99. The van der Waals surface area contributed by atoms with E-state index in [9.17, 15) is 0 Å². The predicted molar refractivity (Wildman–Crippen MR) is 87.9 cm³/mol. The Morgan fingerprint density at radius 3 is 2.67 bits per heavy atom. The first-order valence-electron chi connectivity index (χ1n) is 6.98. The third-order valence-corrected chi connectivity index (χ3v) is 4.27. The van der Waals surface area contributed by atoms with E-state index in [1.54, 1.807) is 16.4 Å². The summed E-state index contributed by atoms with van der Waals surface area (Å²) in [7, 11) is 0. The van der Waals surface area contributed by atoms with Gasteiger partial charge >= 0.3 is 0 Å². The van der Waals surface area contributed by atoms with Crippen LogP contribution in [0.1, 0.15) is 25.2 Å². The molecular weight excluding hydrogens is 280 g/mol. The number of nitrogens with two attached hydrogens (primary N) is 1. The summed E-state index contributed by atoms with van der Waals surface area (Å²) >= 11 is 1.62. The van der Waals surface area contributed by atoms with Crippen LogP contribution in [0.2, 0.25) is 0 Å². The lowest BCUT2D eigenvalue weighted by Crippen LogP contribution is -2.15. The summed E-state index contributed by atoms with van der Waals surface area (Å²) in [4.78, 5) is 0. The lowest BCUT2D eigenvalue weighted by atomic mass is 10.0. The molecule has 0 atom stereocenters. The summed E-state index contributed by atoms with van der Waals surface area (Å²) in [5.74, 6) is 6.90. The average molecular weight is 298 g/mol. The van der Waals surface area contributed by atoms with Crippen molar-refractivity contribution in [3.8, 4) is 0 Å². The van der Waals surface area contributed by atoms with Gasteiger partial charge in [0.2, 0.25) is 5.16 Å². The second-order valence-corrected chi connectivity index (χ2v) is 6.79. The topological polar surface area (TPSA) is 56.7 Å². The molecule has 2 aromatic carbocycles. The third-order valence-electron chi connectivity index (χ3n) is 3.30. The monoisotopic (exact) mass is 298 g/mol. The average Bonchev–Trinajstić information content (AvgIpc) is 2.80. The Balaban J connectivity index is 1.94. The van der Waals surface area contributed by atoms with Gasteiger partial charge in [0, 0.05) is 11.7 Å². The highest BCUT2D eigenvalue weighted by Gasteiger charge is 2.13. The van der Waals surface area contributed by atoms with Crippen molar-refractivity contribution in [2.45, 2.75) is 30.7 Å². The quantitative estimate of drug-likeness (QED) is 0.593. The van der Waals surface area contributed by atoms with Crippen molar-refractivity contribution in [3.63, 3.8) is 0 Å². The van der Waals surface area contributed by atoms with Crippen molar-refractivity contribution in [2.24, 2.45) is 0 Å². The molecule has 0 amide bonds. The first-order chi connectivity index (χ1) is 10.1. The molecule has 0 unspecified atom stereocenters. The van der Waals surface area contributed by atoms with Gasteiger partial charge in [-0.2, -0.15) is 0 Å². The van der Waals surface area contributed by atoms with Crippen molar-refractivity contribution in [3.05, 3.63) is 53.9 Å². The fourth-order valence-corrected chi connectivity index (χ4v) is 3.06. The maximum Gasteiger partial charge on any atom is 0.210 e. The van der Waals surface area contributed by atoms with Gasteiger partial charge in [-0.15, -0.1) is 10.2 Å². The number of nitrogen functional groups attached to an aromatic ring is 1. The minimum Gasteiger partial charge on any atom is -0.336 e. The van der Waals surface area contributed by atoms with E-state index in [1.807, 2.05) is 0 Å². The lowest BCUT2D eigenvalue weighted by molar-refractivity contribution is 0.804. The Morgan fingerprint density at radius 2 is 1.86 bits per heavy atom. The molecule has 3 rings (SSSR count). The number of hydrogen-bond acceptors (Lipinski definition) is 4. The molecule has 0 aliphatic heterocycles. The van der Waals surface area contributed by atoms with Crippen LogP contribution in [0.4, 0.5) is 0 Å². The van der Waals surface area contributed by atoms with Crippen LogP contribution in [0.3, 0.4) is 0 Å². The van der Waals surface area contributed by atoms with Gasteiger partial charge in [0.1, 0.15) is 0 Å². The van der Waals surface area contributed by atoms with Gasteiger partial charge < -0.3 is 5.84 Å². The third kappa shape index (κ3) is 2.88. The van der Waals surface area contributed by atoms with Crippen molar-refractivity contribution in [1.29, 1.82) is 0 Å². The summed E-state index contributed by atoms with van der Waals surface area (Å²) in [6.45, 7) is 4.23. The maximum atomic E-state index is 6.11. The number of rotatable bonds is 4. The minimum absolute atomic E-state index is 0.432. The molecule has 4 nitrogen and oxygen atoms in total. The molecule has 1 heterocycles. The van der Waals surface area contributed by atoms with Gasteiger partial charge in [0.05, 0.1) is 0 Å². The SMILES string of the molecule is CC(C)Sc1nnc(Cc2cccc3ccccc23)n1N. The molecule has 0 bridgehead atoms. The van der Waals surface area contributed by atoms with E-state index in [-0.39, 0.29) is 0 Å². The molecular formula is C16H18N4S. The smallest absolute Gasteiger partial charge is 0.210 e. The fraction of sp³-hybridized carbons (Fsp3) is 0.250. The number of aromatic nitrogens is 3. The van der Waals surface area contributed by atoms with Crippen LogP contribution in [-0.4, -0.2) is 20.1 Å². The Hall–Kier alpha value is -2.01. The Bertz CT molecular complexity index is 759. The van der Waals surface area contributed by atoms with Gasteiger partial charge in [0.15, 0.2) is 5.82 Å². The van der Waals surface area contributed by atoms with Gasteiger partial charge in [-0.1, -0.05) is 68.1 Å². The zero-order valence-electron chi connectivity index (χ0n) is 12.2. The number of thioether (sulfide) groups is 1.